The fourth-order valence-electron chi connectivity index (χ4n) is 1.73. The van der Waals surface area contributed by atoms with Crippen LogP contribution in [0.2, 0.25) is 0 Å². The van der Waals surface area contributed by atoms with Crippen LogP contribution in [0.5, 0.6) is 5.75 Å². The van der Waals surface area contributed by atoms with Crippen molar-refractivity contribution in [3.05, 3.63) is 59.2 Å². The topological polar surface area (TPSA) is 21.3 Å². The summed E-state index contributed by atoms with van der Waals surface area (Å²) in [6.07, 6.45) is 0. The molecule has 0 aliphatic heterocycles. The summed E-state index contributed by atoms with van der Waals surface area (Å²) in [6, 6.07) is 9.65. The zero-order chi connectivity index (χ0) is 13.8. The Balaban J connectivity index is 2.05. The number of anilines is 1. The van der Waals surface area contributed by atoms with Crippen molar-refractivity contribution in [1.82, 2.24) is 0 Å². The summed E-state index contributed by atoms with van der Waals surface area (Å²) in [5.41, 5.74) is 2.03. The van der Waals surface area contributed by atoms with Gasteiger partial charge in [-0.1, -0.05) is 12.1 Å². The number of ether oxygens (including phenoxy) is 1. The van der Waals surface area contributed by atoms with Crippen LogP contribution in [0.4, 0.5) is 14.5 Å². The van der Waals surface area contributed by atoms with Gasteiger partial charge < -0.3 is 10.1 Å². The molecule has 0 aromatic heterocycles. The first-order valence-corrected chi connectivity index (χ1v) is 5.92. The number of hydrogen-bond donors (Lipinski definition) is 1. The highest BCUT2D eigenvalue weighted by Crippen LogP contribution is 2.19. The zero-order valence-corrected chi connectivity index (χ0v) is 10.8. The molecule has 0 fully saturated rings. The van der Waals surface area contributed by atoms with Crippen LogP contribution in [0, 0.1) is 18.6 Å². The Bertz CT molecular complexity index is 584. The molecule has 0 atom stereocenters. The monoisotopic (exact) mass is 263 g/mol. The quantitative estimate of drug-likeness (QED) is 0.903. The molecule has 0 radical (unpaired) electrons. The molecule has 2 aromatic carbocycles. The lowest BCUT2D eigenvalue weighted by atomic mass is 10.2. The van der Waals surface area contributed by atoms with Crippen LogP contribution < -0.4 is 10.1 Å². The van der Waals surface area contributed by atoms with Gasteiger partial charge in [0.2, 0.25) is 0 Å². The van der Waals surface area contributed by atoms with Crippen molar-refractivity contribution in [2.24, 2.45) is 0 Å². The molecule has 100 valence electrons. The second-order valence-corrected chi connectivity index (χ2v) is 4.29. The average Bonchev–Trinajstić information content (AvgIpc) is 2.40. The Morgan fingerprint density at radius 2 is 1.84 bits per heavy atom. The van der Waals surface area contributed by atoms with Crippen molar-refractivity contribution < 1.29 is 13.5 Å². The zero-order valence-electron chi connectivity index (χ0n) is 10.8. The standard InChI is InChI=1S/C15H15F2NO/c1-10-3-5-12(8-13(10)16)18-9-11-4-6-15(19-2)14(17)7-11/h3-8,18H,9H2,1-2H3. The first kappa shape index (κ1) is 13.3. The molecule has 0 bridgehead atoms. The molecule has 0 heterocycles. The van der Waals surface area contributed by atoms with E-state index in [2.05, 4.69) is 5.32 Å². The van der Waals surface area contributed by atoms with Gasteiger partial charge in [0.15, 0.2) is 11.6 Å². The van der Waals surface area contributed by atoms with Crippen LogP contribution in [-0.2, 0) is 6.54 Å². The van der Waals surface area contributed by atoms with Crippen LogP contribution in [0.1, 0.15) is 11.1 Å². The Morgan fingerprint density at radius 3 is 2.47 bits per heavy atom. The van der Waals surface area contributed by atoms with Gasteiger partial charge in [0, 0.05) is 12.2 Å². The lowest BCUT2D eigenvalue weighted by Gasteiger charge is -2.09. The van der Waals surface area contributed by atoms with Crippen LogP contribution in [0.3, 0.4) is 0 Å². The molecule has 19 heavy (non-hydrogen) atoms. The van der Waals surface area contributed by atoms with Crippen molar-refractivity contribution in [1.29, 1.82) is 0 Å². The van der Waals surface area contributed by atoms with Crippen LogP contribution >= 0.6 is 0 Å². The largest absolute Gasteiger partial charge is 0.494 e. The summed E-state index contributed by atoms with van der Waals surface area (Å²) in [4.78, 5) is 0. The third-order valence-electron chi connectivity index (χ3n) is 2.88. The van der Waals surface area contributed by atoms with Gasteiger partial charge in [-0.15, -0.1) is 0 Å². The molecule has 0 saturated carbocycles. The molecule has 0 amide bonds. The maximum atomic E-state index is 13.5. The highest BCUT2D eigenvalue weighted by molar-refractivity contribution is 5.46. The summed E-state index contributed by atoms with van der Waals surface area (Å²) < 4.78 is 31.7. The van der Waals surface area contributed by atoms with Gasteiger partial charge in [0.05, 0.1) is 7.11 Å². The molecule has 0 spiro atoms. The molecule has 0 aliphatic carbocycles. The minimum atomic E-state index is -0.406. The van der Waals surface area contributed by atoms with Crippen molar-refractivity contribution >= 4 is 5.69 Å². The Labute approximate surface area is 111 Å². The minimum absolute atomic E-state index is 0.213. The number of benzene rings is 2. The number of rotatable bonds is 4. The molecule has 4 heteroatoms. The summed E-state index contributed by atoms with van der Waals surface area (Å²) in [6.45, 7) is 2.13. The van der Waals surface area contributed by atoms with Crippen molar-refractivity contribution in [2.75, 3.05) is 12.4 Å². The molecule has 2 rings (SSSR count). The van der Waals surface area contributed by atoms with E-state index >= 15 is 0 Å². The minimum Gasteiger partial charge on any atom is -0.494 e. The van der Waals surface area contributed by atoms with E-state index in [1.165, 1.54) is 19.2 Å². The van der Waals surface area contributed by atoms with Crippen LogP contribution in [0.25, 0.3) is 0 Å². The van der Waals surface area contributed by atoms with Crippen molar-refractivity contribution in [3.8, 4) is 5.75 Å². The normalized spacial score (nSPS) is 10.3. The van der Waals surface area contributed by atoms with Gasteiger partial charge in [-0.25, -0.2) is 8.78 Å². The Morgan fingerprint density at radius 1 is 1.05 bits per heavy atom. The van der Waals surface area contributed by atoms with E-state index in [1.807, 2.05) is 0 Å². The first-order chi connectivity index (χ1) is 9.10. The average molecular weight is 263 g/mol. The highest BCUT2D eigenvalue weighted by atomic mass is 19.1. The van der Waals surface area contributed by atoms with Crippen molar-refractivity contribution in [2.45, 2.75) is 13.5 Å². The second kappa shape index (κ2) is 5.69. The number of halogens is 2. The highest BCUT2D eigenvalue weighted by Gasteiger charge is 2.04. The molecular weight excluding hydrogens is 248 g/mol. The maximum Gasteiger partial charge on any atom is 0.165 e. The van der Waals surface area contributed by atoms with E-state index in [4.69, 9.17) is 4.74 Å². The molecule has 0 saturated heterocycles. The van der Waals surface area contributed by atoms with E-state index in [0.717, 1.165) is 5.56 Å². The molecule has 1 N–H and O–H groups in total. The van der Waals surface area contributed by atoms with Gasteiger partial charge >= 0.3 is 0 Å². The van der Waals surface area contributed by atoms with Gasteiger partial charge in [-0.05, 0) is 42.3 Å². The Kier molecular flexibility index (Phi) is 4.00. The third kappa shape index (κ3) is 3.22. The van der Waals surface area contributed by atoms with Crippen LogP contribution in [0.15, 0.2) is 36.4 Å². The predicted molar refractivity (Wildman–Crippen MR) is 71.4 cm³/mol. The third-order valence-corrected chi connectivity index (χ3v) is 2.88. The second-order valence-electron chi connectivity index (χ2n) is 4.29. The Hall–Kier alpha value is -2.10. The summed E-state index contributed by atoms with van der Waals surface area (Å²) in [5.74, 6) is -0.451. The molecule has 0 aliphatic rings. The van der Waals surface area contributed by atoms with Crippen molar-refractivity contribution in [3.63, 3.8) is 0 Å². The molecule has 2 nitrogen and oxygen atoms in total. The van der Waals surface area contributed by atoms with Gasteiger partial charge in [-0.3, -0.25) is 0 Å². The smallest absolute Gasteiger partial charge is 0.165 e. The van der Waals surface area contributed by atoms with E-state index in [9.17, 15) is 8.78 Å². The molecule has 2 aromatic rings. The number of hydrogen-bond acceptors (Lipinski definition) is 2. The van der Waals surface area contributed by atoms with Gasteiger partial charge in [0.25, 0.3) is 0 Å². The summed E-state index contributed by atoms with van der Waals surface area (Å²) in [5, 5.41) is 3.05. The first-order valence-electron chi connectivity index (χ1n) is 5.92. The predicted octanol–water partition coefficient (Wildman–Crippen LogP) is 3.89. The van der Waals surface area contributed by atoms with E-state index in [1.54, 1.807) is 31.2 Å². The van der Waals surface area contributed by atoms with Gasteiger partial charge in [-0.2, -0.15) is 0 Å². The van der Waals surface area contributed by atoms with E-state index < -0.39 is 5.82 Å². The maximum absolute atomic E-state index is 13.5. The number of methoxy groups -OCH3 is 1. The molecular formula is C15H15F2NO. The summed E-state index contributed by atoms with van der Waals surface area (Å²) >= 11 is 0. The van der Waals surface area contributed by atoms with Crippen LogP contribution in [-0.4, -0.2) is 7.11 Å². The fraction of sp³-hybridized carbons (Fsp3) is 0.200. The number of nitrogens with one attached hydrogen (secondary N) is 1. The summed E-state index contributed by atoms with van der Waals surface area (Å²) in [7, 11) is 1.42. The SMILES string of the molecule is COc1ccc(CNc2ccc(C)c(F)c2)cc1F. The van der Waals surface area contributed by atoms with E-state index in [-0.39, 0.29) is 11.6 Å². The lowest BCUT2D eigenvalue weighted by Crippen LogP contribution is -2.01. The van der Waals surface area contributed by atoms with Gasteiger partial charge in [0.1, 0.15) is 5.82 Å². The number of aryl methyl sites for hydroxylation is 1. The molecule has 0 unspecified atom stereocenters. The van der Waals surface area contributed by atoms with E-state index in [0.29, 0.717) is 17.8 Å². The fourth-order valence-corrected chi connectivity index (χ4v) is 1.73. The lowest BCUT2D eigenvalue weighted by molar-refractivity contribution is 0.386.